The molecule has 0 amide bonds. The molecule has 0 spiro atoms. The van der Waals surface area contributed by atoms with E-state index >= 15 is 0 Å². The van der Waals surface area contributed by atoms with Gasteiger partial charge in [0, 0.05) is 0 Å². The van der Waals surface area contributed by atoms with Crippen LogP contribution in [-0.4, -0.2) is 46.3 Å². The zero-order valence-electron chi connectivity index (χ0n) is 9.02. The molecule has 1 heterocycles. The summed E-state index contributed by atoms with van der Waals surface area (Å²) >= 11 is 0. The van der Waals surface area contributed by atoms with Crippen LogP contribution < -0.4 is 5.26 Å². The molecule has 0 aliphatic carbocycles. The third-order valence-corrected chi connectivity index (χ3v) is 2.40. The van der Waals surface area contributed by atoms with Gasteiger partial charge in [-0.2, -0.15) is 0 Å². The molecular formula is C8H19NO4S. The van der Waals surface area contributed by atoms with E-state index in [0.717, 1.165) is 0 Å². The molecule has 5 nitrogen and oxygen atoms in total. The molecule has 1 rings (SSSR count). The summed E-state index contributed by atoms with van der Waals surface area (Å²) in [6, 6.07) is 0. The number of rotatable bonds is 1. The summed E-state index contributed by atoms with van der Waals surface area (Å²) in [7, 11) is 0.920. The van der Waals surface area contributed by atoms with Gasteiger partial charge >= 0.3 is 0 Å². The lowest BCUT2D eigenvalue weighted by atomic mass is 10.1. The van der Waals surface area contributed by atoms with Gasteiger partial charge in [-0.05, 0) is 19.3 Å². The molecule has 6 heteroatoms. The quantitative estimate of drug-likeness (QED) is 0.342. The number of hydrogen-bond donors (Lipinski definition) is 0. The van der Waals surface area contributed by atoms with Crippen LogP contribution in [0.4, 0.5) is 0 Å². The van der Waals surface area contributed by atoms with Gasteiger partial charge in [0.1, 0.15) is 0 Å². The molecule has 0 aromatic rings. The lowest BCUT2D eigenvalue weighted by Crippen LogP contribution is -2.43. The molecule has 0 aromatic carbocycles. The maximum absolute atomic E-state index is 9.47. The molecule has 0 atom stereocenters. The highest BCUT2D eigenvalue weighted by molar-refractivity contribution is 7.85. The van der Waals surface area contributed by atoms with Crippen LogP contribution >= 0.6 is 0 Å². The molecule has 0 N–H and O–H groups in total. The lowest BCUT2D eigenvalue weighted by Gasteiger charge is -2.33. The Kier molecular flexibility index (Phi) is 5.58. The second kappa shape index (κ2) is 5.65. The number of hydrogen-bond acceptors (Lipinski definition) is 4. The first-order chi connectivity index (χ1) is 6.27. The third-order valence-electron chi connectivity index (χ3n) is 2.15. The maximum Gasteiger partial charge on any atom is 0.255 e. The number of piperidine rings is 1. The highest BCUT2D eigenvalue weighted by Gasteiger charge is 2.17. The van der Waals surface area contributed by atoms with Crippen molar-refractivity contribution in [3.8, 4) is 0 Å². The molecular weight excluding hydrogens is 206 g/mol. The standard InChI is InChI=1S/C7H16N.CH4O4S/c1-8(2)6-4-3-5-7-8;1-6(3,4)5-2/h3-7H2,1-2H3;2H,1H3/q+1;/p-1. The van der Waals surface area contributed by atoms with Crippen molar-refractivity contribution in [3.05, 3.63) is 0 Å². The average molecular weight is 225 g/mol. The Labute approximate surface area is 85.9 Å². The van der Waals surface area contributed by atoms with Crippen LogP contribution in [0.3, 0.4) is 0 Å². The minimum absolute atomic E-state index is 0.681. The molecule has 0 aromatic heterocycles. The summed E-state index contributed by atoms with van der Waals surface area (Å²) < 4.78 is 22.8. The van der Waals surface area contributed by atoms with Crippen molar-refractivity contribution in [1.29, 1.82) is 0 Å². The van der Waals surface area contributed by atoms with Gasteiger partial charge in [-0.3, -0.25) is 0 Å². The molecule has 1 aliphatic rings. The van der Waals surface area contributed by atoms with Gasteiger partial charge < -0.3 is 14.1 Å². The van der Waals surface area contributed by atoms with Crippen LogP contribution in [0.5, 0.6) is 0 Å². The van der Waals surface area contributed by atoms with Crippen molar-refractivity contribution >= 4 is 10.1 Å². The van der Waals surface area contributed by atoms with E-state index in [2.05, 4.69) is 18.4 Å². The normalized spacial score (nSPS) is 20.9. The van der Waals surface area contributed by atoms with E-state index in [1.54, 1.807) is 0 Å². The minimum Gasteiger partial charge on any atom is -0.707 e. The molecule has 0 unspecified atom stereocenters. The van der Waals surface area contributed by atoms with Crippen LogP contribution in [0.2, 0.25) is 0 Å². The van der Waals surface area contributed by atoms with Gasteiger partial charge in [0.15, 0.2) is 0 Å². The Morgan fingerprint density at radius 2 is 1.50 bits per heavy atom. The Balaban J connectivity index is 0.000000255. The fourth-order valence-electron chi connectivity index (χ4n) is 1.37. The van der Waals surface area contributed by atoms with Crippen LogP contribution in [-0.2, 0) is 14.5 Å². The lowest BCUT2D eigenvalue weighted by molar-refractivity contribution is -0.894. The third kappa shape index (κ3) is 8.43. The topological polar surface area (TPSA) is 66.4 Å². The van der Waals surface area contributed by atoms with Gasteiger partial charge in [0.2, 0.25) is 0 Å². The summed E-state index contributed by atoms with van der Waals surface area (Å²) in [6.07, 6.45) is 5.02. The zero-order chi connectivity index (χ0) is 11.2. The van der Waals surface area contributed by atoms with Crippen LogP contribution in [0, 0.1) is 0 Å². The van der Waals surface area contributed by atoms with Gasteiger partial charge in [0.05, 0.1) is 33.4 Å². The Morgan fingerprint density at radius 1 is 1.14 bits per heavy atom. The van der Waals surface area contributed by atoms with E-state index < -0.39 is 10.1 Å². The van der Waals surface area contributed by atoms with E-state index in [1.165, 1.54) is 36.8 Å². The fraction of sp³-hybridized carbons (Fsp3) is 1.00. The first-order valence-electron chi connectivity index (χ1n) is 4.60. The minimum atomic E-state index is -3.72. The summed E-state index contributed by atoms with van der Waals surface area (Å²) in [6.45, 7) is 2.78. The summed E-state index contributed by atoms with van der Waals surface area (Å²) in [5.74, 6) is 0. The van der Waals surface area contributed by atoms with Gasteiger partial charge in [-0.25, -0.2) is 8.42 Å². The summed E-state index contributed by atoms with van der Waals surface area (Å²) in [5, 5.41) is 8.86. The van der Waals surface area contributed by atoms with E-state index in [-0.39, 0.29) is 0 Å². The van der Waals surface area contributed by atoms with E-state index in [9.17, 15) is 8.42 Å². The van der Waals surface area contributed by atoms with Crippen molar-refractivity contribution in [2.24, 2.45) is 0 Å². The van der Waals surface area contributed by atoms with Gasteiger partial charge in [0.25, 0.3) is 10.1 Å². The van der Waals surface area contributed by atoms with Crippen LogP contribution in [0.1, 0.15) is 19.3 Å². The molecule has 1 saturated heterocycles. The first kappa shape index (κ1) is 13.8. The van der Waals surface area contributed by atoms with Crippen molar-refractivity contribution < 1.29 is 22.5 Å². The van der Waals surface area contributed by atoms with E-state index in [0.29, 0.717) is 6.26 Å². The van der Waals surface area contributed by atoms with Gasteiger partial charge in [-0.1, -0.05) is 0 Å². The van der Waals surface area contributed by atoms with Crippen molar-refractivity contribution in [3.63, 3.8) is 0 Å². The van der Waals surface area contributed by atoms with Gasteiger partial charge in [-0.15, -0.1) is 0 Å². The number of nitrogens with zero attached hydrogens (tertiary/aromatic N) is 1. The molecule has 86 valence electrons. The Hall–Kier alpha value is -0.170. The zero-order valence-corrected chi connectivity index (χ0v) is 9.84. The molecule has 1 aliphatic heterocycles. The number of quaternary nitrogens is 1. The van der Waals surface area contributed by atoms with Crippen LogP contribution in [0.25, 0.3) is 0 Å². The first-order valence-corrected chi connectivity index (χ1v) is 6.42. The maximum atomic E-state index is 9.47. The van der Waals surface area contributed by atoms with Crippen molar-refractivity contribution in [2.45, 2.75) is 19.3 Å². The highest BCUT2D eigenvalue weighted by Crippen LogP contribution is 2.12. The summed E-state index contributed by atoms with van der Waals surface area (Å²) in [5.41, 5.74) is 0. The summed E-state index contributed by atoms with van der Waals surface area (Å²) in [4.78, 5) is 0. The predicted octanol–water partition coefficient (Wildman–Crippen LogP) is -0.515. The van der Waals surface area contributed by atoms with Crippen molar-refractivity contribution in [2.75, 3.05) is 33.4 Å². The largest absolute Gasteiger partial charge is 0.707 e. The smallest absolute Gasteiger partial charge is 0.255 e. The fourth-order valence-corrected chi connectivity index (χ4v) is 1.37. The van der Waals surface area contributed by atoms with Crippen LogP contribution in [0.15, 0.2) is 0 Å². The number of likely N-dealkylation sites (tertiary alicyclic amines) is 1. The van der Waals surface area contributed by atoms with Crippen molar-refractivity contribution in [1.82, 2.24) is 0 Å². The Morgan fingerprint density at radius 3 is 1.64 bits per heavy atom. The SMILES string of the molecule is CS(=O)(=O)O[O-].C[N+]1(C)CCCCC1. The molecule has 14 heavy (non-hydrogen) atoms. The molecule has 1 fully saturated rings. The molecule has 0 radical (unpaired) electrons. The second-order valence-corrected chi connectivity index (χ2v) is 5.76. The monoisotopic (exact) mass is 225 g/mol. The Bertz CT molecular complexity index is 240. The average Bonchev–Trinajstić information content (AvgIpc) is 2.04. The van der Waals surface area contributed by atoms with E-state index in [4.69, 9.17) is 5.26 Å². The predicted molar refractivity (Wildman–Crippen MR) is 51.6 cm³/mol. The second-order valence-electron chi connectivity index (χ2n) is 4.22. The highest BCUT2D eigenvalue weighted by atomic mass is 32.2. The molecule has 0 saturated carbocycles. The van der Waals surface area contributed by atoms with E-state index in [1.807, 2.05) is 0 Å². The molecule has 0 bridgehead atoms.